The van der Waals surface area contributed by atoms with Crippen molar-refractivity contribution >= 4 is 11.6 Å². The number of amides is 1. The lowest BCUT2D eigenvalue weighted by Crippen LogP contribution is -2.31. The summed E-state index contributed by atoms with van der Waals surface area (Å²) in [7, 11) is 1.31. The normalized spacial score (nSPS) is 15.5. The van der Waals surface area contributed by atoms with E-state index in [-0.39, 0.29) is 29.4 Å². The Labute approximate surface area is 115 Å². The van der Waals surface area contributed by atoms with Crippen LogP contribution in [0.5, 0.6) is 5.75 Å². The monoisotopic (exact) mass is 280 g/mol. The molecule has 0 spiro atoms. The summed E-state index contributed by atoms with van der Waals surface area (Å²) in [6.07, 6.45) is 1.79. The zero-order chi connectivity index (χ0) is 14.8. The number of carbonyl (C=O) groups excluding carboxylic acids is 1. The highest BCUT2D eigenvalue weighted by Gasteiger charge is 2.42. The quantitative estimate of drug-likeness (QED) is 0.600. The molecule has 1 fully saturated rings. The van der Waals surface area contributed by atoms with Gasteiger partial charge in [-0.05, 0) is 18.9 Å². The molecular formula is C13H16N2O5. The Hall–Kier alpha value is -2.15. The Bertz CT molecular complexity index is 540. The van der Waals surface area contributed by atoms with Crippen LogP contribution in [0.25, 0.3) is 0 Å². The summed E-state index contributed by atoms with van der Waals surface area (Å²) in [5.74, 6) is -0.288. The van der Waals surface area contributed by atoms with Gasteiger partial charge < -0.3 is 15.2 Å². The van der Waals surface area contributed by atoms with Crippen molar-refractivity contribution in [3.05, 3.63) is 33.9 Å². The summed E-state index contributed by atoms with van der Waals surface area (Å²) in [4.78, 5) is 22.2. The molecule has 108 valence electrons. The van der Waals surface area contributed by atoms with Gasteiger partial charge in [-0.1, -0.05) is 0 Å². The number of benzene rings is 1. The first-order chi connectivity index (χ1) is 9.51. The number of aliphatic hydroxyl groups excluding tert-OH is 1. The second-order valence-electron chi connectivity index (χ2n) is 4.98. The lowest BCUT2D eigenvalue weighted by Gasteiger charge is -2.13. The zero-order valence-corrected chi connectivity index (χ0v) is 11.1. The van der Waals surface area contributed by atoms with E-state index in [1.54, 1.807) is 0 Å². The van der Waals surface area contributed by atoms with E-state index in [9.17, 15) is 20.0 Å². The van der Waals surface area contributed by atoms with Crippen LogP contribution < -0.4 is 10.1 Å². The van der Waals surface area contributed by atoms with Crippen LogP contribution in [0.15, 0.2) is 18.2 Å². The van der Waals surface area contributed by atoms with E-state index in [0.29, 0.717) is 12.1 Å². The maximum Gasteiger partial charge on any atom is 0.310 e. The van der Waals surface area contributed by atoms with Crippen LogP contribution in [0, 0.1) is 15.5 Å². The van der Waals surface area contributed by atoms with Gasteiger partial charge in [0.2, 0.25) is 0 Å². The van der Waals surface area contributed by atoms with Crippen molar-refractivity contribution < 1.29 is 19.6 Å². The molecule has 1 saturated carbocycles. The summed E-state index contributed by atoms with van der Waals surface area (Å²) in [6, 6.07) is 3.97. The summed E-state index contributed by atoms with van der Waals surface area (Å²) < 4.78 is 4.91. The number of hydrogen-bond acceptors (Lipinski definition) is 5. The van der Waals surface area contributed by atoms with Crippen molar-refractivity contribution in [2.75, 3.05) is 20.3 Å². The summed E-state index contributed by atoms with van der Waals surface area (Å²) in [5.41, 5.74) is -0.0696. The molecule has 7 nitrogen and oxygen atoms in total. The third-order valence-corrected chi connectivity index (χ3v) is 3.56. The average Bonchev–Trinajstić information content (AvgIpc) is 3.24. The van der Waals surface area contributed by atoms with E-state index < -0.39 is 4.92 Å². The molecule has 1 aliphatic rings. The number of hydrogen-bond donors (Lipinski definition) is 2. The minimum absolute atomic E-state index is 0.0472. The van der Waals surface area contributed by atoms with Crippen LogP contribution in [-0.2, 0) is 0 Å². The number of aliphatic hydroxyl groups is 1. The predicted octanol–water partition coefficient (Wildman–Crippen LogP) is 1.11. The minimum atomic E-state index is -0.564. The van der Waals surface area contributed by atoms with Crippen molar-refractivity contribution in [2.45, 2.75) is 12.8 Å². The predicted molar refractivity (Wildman–Crippen MR) is 70.7 cm³/mol. The second kappa shape index (κ2) is 5.46. The molecule has 0 saturated heterocycles. The Balaban J connectivity index is 2.08. The summed E-state index contributed by atoms with van der Waals surface area (Å²) >= 11 is 0. The lowest BCUT2D eigenvalue weighted by atomic mass is 10.1. The fourth-order valence-corrected chi connectivity index (χ4v) is 1.91. The highest BCUT2D eigenvalue weighted by atomic mass is 16.6. The molecule has 1 amide bonds. The number of nitro benzene ring substituents is 1. The Morgan fingerprint density at radius 3 is 2.75 bits per heavy atom. The van der Waals surface area contributed by atoms with Gasteiger partial charge in [0.25, 0.3) is 5.91 Å². The fraction of sp³-hybridized carbons (Fsp3) is 0.462. The molecule has 1 aromatic carbocycles. The second-order valence-corrected chi connectivity index (χ2v) is 4.98. The van der Waals surface area contributed by atoms with Crippen molar-refractivity contribution in [1.82, 2.24) is 5.32 Å². The van der Waals surface area contributed by atoms with E-state index in [4.69, 9.17) is 4.74 Å². The van der Waals surface area contributed by atoms with Crippen molar-refractivity contribution in [1.29, 1.82) is 0 Å². The molecule has 0 aliphatic heterocycles. The SMILES string of the molecule is COc1cc(C(=O)NCC2(CO)CC2)ccc1[N+](=O)[O-]. The first-order valence-corrected chi connectivity index (χ1v) is 6.23. The topological polar surface area (TPSA) is 102 Å². The molecule has 0 atom stereocenters. The number of methoxy groups -OCH3 is 1. The number of rotatable bonds is 6. The molecule has 2 rings (SSSR count). The Morgan fingerprint density at radius 2 is 2.25 bits per heavy atom. The van der Waals surface area contributed by atoms with Crippen LogP contribution in [0.1, 0.15) is 23.2 Å². The molecule has 0 heterocycles. The maximum absolute atomic E-state index is 12.0. The van der Waals surface area contributed by atoms with Gasteiger partial charge in [0, 0.05) is 29.7 Å². The highest BCUT2D eigenvalue weighted by Crippen LogP contribution is 2.44. The van der Waals surface area contributed by atoms with Gasteiger partial charge in [-0.3, -0.25) is 14.9 Å². The van der Waals surface area contributed by atoms with Gasteiger partial charge in [-0.2, -0.15) is 0 Å². The van der Waals surface area contributed by atoms with Crippen molar-refractivity contribution in [2.24, 2.45) is 5.41 Å². The molecule has 0 aromatic heterocycles. The number of nitrogens with one attached hydrogen (secondary N) is 1. The van der Waals surface area contributed by atoms with Crippen molar-refractivity contribution in [3.63, 3.8) is 0 Å². The molecule has 0 radical (unpaired) electrons. The van der Waals surface area contributed by atoms with Crippen LogP contribution in [0.4, 0.5) is 5.69 Å². The number of nitro groups is 1. The zero-order valence-electron chi connectivity index (χ0n) is 11.1. The lowest BCUT2D eigenvalue weighted by molar-refractivity contribution is -0.385. The average molecular weight is 280 g/mol. The third kappa shape index (κ3) is 2.88. The summed E-state index contributed by atoms with van der Waals surface area (Å²) in [5, 5.41) is 22.7. The van der Waals surface area contributed by atoms with Gasteiger partial charge in [-0.15, -0.1) is 0 Å². The van der Waals surface area contributed by atoms with Gasteiger partial charge in [0.1, 0.15) is 0 Å². The first kappa shape index (κ1) is 14.3. The molecular weight excluding hydrogens is 264 g/mol. The van der Waals surface area contributed by atoms with E-state index in [1.807, 2.05) is 0 Å². The Morgan fingerprint density at radius 1 is 1.55 bits per heavy atom. The first-order valence-electron chi connectivity index (χ1n) is 6.23. The largest absolute Gasteiger partial charge is 0.490 e. The Kier molecular flexibility index (Phi) is 3.89. The molecule has 0 bridgehead atoms. The highest BCUT2D eigenvalue weighted by molar-refractivity contribution is 5.95. The smallest absolute Gasteiger partial charge is 0.310 e. The summed E-state index contributed by atoms with van der Waals surface area (Å²) in [6.45, 7) is 0.457. The molecule has 1 aromatic rings. The van der Waals surface area contributed by atoms with Gasteiger partial charge in [0.15, 0.2) is 5.75 Å². The molecule has 20 heavy (non-hydrogen) atoms. The molecule has 1 aliphatic carbocycles. The fourth-order valence-electron chi connectivity index (χ4n) is 1.91. The minimum Gasteiger partial charge on any atom is -0.490 e. The third-order valence-electron chi connectivity index (χ3n) is 3.56. The van der Waals surface area contributed by atoms with Crippen molar-refractivity contribution in [3.8, 4) is 5.75 Å². The molecule has 0 unspecified atom stereocenters. The van der Waals surface area contributed by atoms with Crippen LogP contribution in [0.2, 0.25) is 0 Å². The maximum atomic E-state index is 12.0. The molecule has 7 heteroatoms. The van der Waals surface area contributed by atoms with Gasteiger partial charge in [0.05, 0.1) is 18.6 Å². The van der Waals surface area contributed by atoms with E-state index in [2.05, 4.69) is 5.32 Å². The number of nitrogens with zero attached hydrogens (tertiary/aromatic N) is 1. The van der Waals surface area contributed by atoms with Crippen LogP contribution in [-0.4, -0.2) is 36.2 Å². The number of carbonyl (C=O) groups is 1. The van der Waals surface area contributed by atoms with Gasteiger partial charge >= 0.3 is 5.69 Å². The molecule has 2 N–H and O–H groups in total. The van der Waals surface area contributed by atoms with E-state index in [1.165, 1.54) is 25.3 Å². The van der Waals surface area contributed by atoms with E-state index >= 15 is 0 Å². The van der Waals surface area contributed by atoms with Crippen LogP contribution in [0.3, 0.4) is 0 Å². The van der Waals surface area contributed by atoms with Crippen LogP contribution >= 0.6 is 0 Å². The van der Waals surface area contributed by atoms with E-state index in [0.717, 1.165) is 12.8 Å². The van der Waals surface area contributed by atoms with Gasteiger partial charge in [-0.25, -0.2) is 0 Å². The standard InChI is InChI=1S/C13H16N2O5/c1-20-11-6-9(2-3-10(11)15(18)19)12(17)14-7-13(8-16)4-5-13/h2-3,6,16H,4-5,7-8H2,1H3,(H,14,17). The number of ether oxygens (including phenoxy) is 1.